The van der Waals surface area contributed by atoms with Crippen molar-refractivity contribution in [3.05, 3.63) is 98.7 Å². The minimum absolute atomic E-state index is 0.0154. The number of carbonyl (C=O) groups excluding carboxylic acids is 1. The predicted molar refractivity (Wildman–Crippen MR) is 128 cm³/mol. The van der Waals surface area contributed by atoms with Crippen LogP contribution in [0.3, 0.4) is 0 Å². The molecule has 0 aliphatic rings. The van der Waals surface area contributed by atoms with Gasteiger partial charge in [-0.25, -0.2) is 4.68 Å². The van der Waals surface area contributed by atoms with Crippen molar-refractivity contribution >= 4 is 28.9 Å². The Bertz CT molecular complexity index is 1380. The molecule has 10 nitrogen and oxygen atoms in total. The quantitative estimate of drug-likeness (QED) is 0.239. The van der Waals surface area contributed by atoms with Crippen molar-refractivity contribution in [2.24, 2.45) is 0 Å². The summed E-state index contributed by atoms with van der Waals surface area (Å²) in [6.45, 7) is 4.16. The van der Waals surface area contributed by atoms with E-state index in [0.29, 0.717) is 11.4 Å². The molecule has 35 heavy (non-hydrogen) atoms. The number of hydrogen-bond donors (Lipinski definition) is 1. The third-order valence-electron chi connectivity index (χ3n) is 4.96. The molecule has 1 amide bonds. The van der Waals surface area contributed by atoms with Crippen LogP contribution in [0.1, 0.15) is 27.4 Å². The number of non-ortho nitro benzene ring substituents is 1. The number of nitrogens with zero attached hydrogens (tertiary/aromatic N) is 3. The van der Waals surface area contributed by atoms with Gasteiger partial charge in [0.25, 0.3) is 11.6 Å². The van der Waals surface area contributed by atoms with E-state index in [4.69, 9.17) is 25.5 Å². The summed E-state index contributed by atoms with van der Waals surface area (Å²) < 4.78 is 18.4. The number of anilines is 1. The van der Waals surface area contributed by atoms with E-state index >= 15 is 0 Å². The fourth-order valence-corrected chi connectivity index (χ4v) is 3.46. The zero-order valence-corrected chi connectivity index (χ0v) is 19.6. The molecule has 0 aliphatic carbocycles. The minimum Gasteiger partial charge on any atom is -0.484 e. The highest BCUT2D eigenvalue weighted by atomic mass is 35.5. The van der Waals surface area contributed by atoms with Crippen LogP contribution in [0.5, 0.6) is 11.5 Å². The van der Waals surface area contributed by atoms with Gasteiger partial charge in [0.15, 0.2) is 12.5 Å². The lowest BCUT2D eigenvalue weighted by Crippen LogP contribution is -2.10. The zero-order valence-electron chi connectivity index (χ0n) is 18.9. The Hall–Kier alpha value is -4.31. The molecule has 4 rings (SSSR count). The summed E-state index contributed by atoms with van der Waals surface area (Å²) in [6.07, 6.45) is 3.15. The molecular formula is C24H21ClN4O6. The molecule has 4 aromatic rings. The van der Waals surface area contributed by atoms with Crippen LogP contribution in [-0.4, -0.2) is 20.6 Å². The highest BCUT2D eigenvalue weighted by Crippen LogP contribution is 2.29. The Balaban J connectivity index is 1.30. The van der Waals surface area contributed by atoms with Crippen molar-refractivity contribution < 1.29 is 23.6 Å². The number of nitro groups is 1. The fraction of sp³-hybridized carbons (Fsp3) is 0.167. The van der Waals surface area contributed by atoms with Crippen LogP contribution in [0.4, 0.5) is 11.4 Å². The largest absolute Gasteiger partial charge is 0.484 e. The van der Waals surface area contributed by atoms with Crippen LogP contribution in [-0.2, 0) is 13.3 Å². The number of halogens is 1. The van der Waals surface area contributed by atoms with Gasteiger partial charge < -0.3 is 19.2 Å². The molecule has 0 spiro atoms. The number of hydrogen-bond acceptors (Lipinski definition) is 7. The third-order valence-corrected chi connectivity index (χ3v) is 5.25. The number of ether oxygens (including phenoxy) is 2. The molecule has 11 heteroatoms. The summed E-state index contributed by atoms with van der Waals surface area (Å²) >= 11 is 6.02. The van der Waals surface area contributed by atoms with Gasteiger partial charge in [0.05, 0.1) is 28.0 Å². The second-order valence-electron chi connectivity index (χ2n) is 7.69. The van der Waals surface area contributed by atoms with E-state index in [1.807, 2.05) is 32.0 Å². The number of nitrogens with one attached hydrogen (secondary N) is 1. The standard InChI is InChI=1S/C24H21ClN4O6/c1-15-3-6-21(16(2)9-15)34-14-28-12-17(11-26-28)27-24(30)23-8-5-19(35-23)13-33-22-7-4-18(29(31)32)10-20(22)25/h3-12H,13-14H2,1-2H3,(H,27,30). The minimum atomic E-state index is -0.547. The molecule has 0 fully saturated rings. The van der Waals surface area contributed by atoms with Gasteiger partial charge in [0.2, 0.25) is 0 Å². The van der Waals surface area contributed by atoms with E-state index < -0.39 is 10.8 Å². The molecule has 2 heterocycles. The number of furan rings is 1. The van der Waals surface area contributed by atoms with Gasteiger partial charge >= 0.3 is 0 Å². The van der Waals surface area contributed by atoms with Crippen molar-refractivity contribution in [1.82, 2.24) is 9.78 Å². The molecule has 1 N–H and O–H groups in total. The van der Waals surface area contributed by atoms with E-state index in [-0.39, 0.29) is 35.6 Å². The Kier molecular flexibility index (Phi) is 7.02. The predicted octanol–water partition coefficient (Wildman–Crippen LogP) is 5.52. The number of amides is 1. The lowest BCUT2D eigenvalue weighted by Gasteiger charge is -2.09. The lowest BCUT2D eigenvalue weighted by molar-refractivity contribution is -0.384. The van der Waals surface area contributed by atoms with Crippen LogP contribution < -0.4 is 14.8 Å². The van der Waals surface area contributed by atoms with Gasteiger partial charge in [-0.3, -0.25) is 14.9 Å². The zero-order chi connectivity index (χ0) is 24.9. The fourth-order valence-electron chi connectivity index (χ4n) is 3.24. The van der Waals surface area contributed by atoms with Gasteiger partial charge in [-0.15, -0.1) is 0 Å². The molecule has 0 atom stereocenters. The van der Waals surface area contributed by atoms with Crippen LogP contribution >= 0.6 is 11.6 Å². The molecule has 0 unspecified atom stereocenters. The summed E-state index contributed by atoms with van der Waals surface area (Å²) in [5, 5.41) is 17.8. The summed E-state index contributed by atoms with van der Waals surface area (Å²) in [5.74, 6) is 1.02. The molecule has 2 aromatic carbocycles. The maximum Gasteiger partial charge on any atom is 0.291 e. The first-order chi connectivity index (χ1) is 16.8. The number of aromatic nitrogens is 2. The van der Waals surface area contributed by atoms with Crippen molar-refractivity contribution in [3.63, 3.8) is 0 Å². The first-order valence-corrected chi connectivity index (χ1v) is 10.9. The highest BCUT2D eigenvalue weighted by molar-refractivity contribution is 6.32. The topological polar surface area (TPSA) is 122 Å². The highest BCUT2D eigenvalue weighted by Gasteiger charge is 2.15. The van der Waals surface area contributed by atoms with Crippen LogP contribution in [0.2, 0.25) is 5.02 Å². The molecule has 0 aliphatic heterocycles. The van der Waals surface area contributed by atoms with Crippen molar-refractivity contribution in [2.45, 2.75) is 27.2 Å². The lowest BCUT2D eigenvalue weighted by atomic mass is 10.1. The molecule has 0 bridgehead atoms. The second kappa shape index (κ2) is 10.3. The number of rotatable bonds is 9. The van der Waals surface area contributed by atoms with Crippen molar-refractivity contribution in [1.29, 1.82) is 0 Å². The van der Waals surface area contributed by atoms with Gasteiger partial charge in [0, 0.05) is 12.1 Å². The number of benzene rings is 2. The first-order valence-electron chi connectivity index (χ1n) is 10.5. The van der Waals surface area contributed by atoms with E-state index in [1.165, 1.54) is 30.5 Å². The van der Waals surface area contributed by atoms with Gasteiger partial charge in [-0.05, 0) is 43.7 Å². The molecule has 2 aromatic heterocycles. The maximum absolute atomic E-state index is 12.5. The normalized spacial score (nSPS) is 10.7. The molecule has 0 saturated carbocycles. The van der Waals surface area contributed by atoms with E-state index in [0.717, 1.165) is 16.9 Å². The van der Waals surface area contributed by atoms with E-state index in [1.54, 1.807) is 16.9 Å². The summed E-state index contributed by atoms with van der Waals surface area (Å²) in [4.78, 5) is 22.8. The van der Waals surface area contributed by atoms with Crippen LogP contribution in [0, 0.1) is 24.0 Å². The average molecular weight is 497 g/mol. The average Bonchev–Trinajstić information content (AvgIpc) is 3.47. The second-order valence-corrected chi connectivity index (χ2v) is 8.10. The summed E-state index contributed by atoms with van der Waals surface area (Å²) in [5.41, 5.74) is 2.52. The number of nitro benzene ring substituents is 1. The number of carbonyl (C=O) groups is 1. The Morgan fingerprint density at radius 1 is 1.14 bits per heavy atom. The van der Waals surface area contributed by atoms with E-state index in [2.05, 4.69) is 10.4 Å². The van der Waals surface area contributed by atoms with Gasteiger partial charge in [0.1, 0.15) is 23.9 Å². The van der Waals surface area contributed by atoms with Crippen LogP contribution in [0.25, 0.3) is 0 Å². The summed E-state index contributed by atoms with van der Waals surface area (Å²) in [6, 6.07) is 12.9. The molecule has 0 saturated heterocycles. The Labute approximate surface area is 205 Å². The van der Waals surface area contributed by atoms with Gasteiger partial charge in [-0.2, -0.15) is 5.10 Å². The van der Waals surface area contributed by atoms with Crippen molar-refractivity contribution in [2.75, 3.05) is 5.32 Å². The maximum atomic E-state index is 12.5. The molecular weight excluding hydrogens is 476 g/mol. The van der Waals surface area contributed by atoms with Crippen LogP contribution in [0.15, 0.2) is 65.3 Å². The van der Waals surface area contributed by atoms with Crippen molar-refractivity contribution in [3.8, 4) is 11.5 Å². The third kappa shape index (κ3) is 5.98. The SMILES string of the molecule is Cc1ccc(OCn2cc(NC(=O)c3ccc(COc4ccc([N+](=O)[O-])cc4Cl)o3)cn2)c(C)c1. The van der Waals surface area contributed by atoms with E-state index in [9.17, 15) is 14.9 Å². The number of aryl methyl sites for hydroxylation is 2. The first kappa shape index (κ1) is 23.8. The smallest absolute Gasteiger partial charge is 0.291 e. The molecule has 180 valence electrons. The van der Waals surface area contributed by atoms with Gasteiger partial charge in [-0.1, -0.05) is 29.3 Å². The molecule has 0 radical (unpaired) electrons. The summed E-state index contributed by atoms with van der Waals surface area (Å²) in [7, 11) is 0. The monoisotopic (exact) mass is 496 g/mol. The Morgan fingerprint density at radius 3 is 2.69 bits per heavy atom. The Morgan fingerprint density at radius 2 is 1.94 bits per heavy atom.